The topological polar surface area (TPSA) is 84.9 Å². The number of carbonyl (C=O) groups is 1. The summed E-state index contributed by atoms with van der Waals surface area (Å²) in [6.45, 7) is 0.619. The first-order valence-electron chi connectivity index (χ1n) is 10.1. The third-order valence-electron chi connectivity index (χ3n) is 4.75. The van der Waals surface area contributed by atoms with Crippen LogP contribution in [-0.2, 0) is 16.6 Å². The molecule has 1 amide bonds. The normalized spacial score (nSPS) is 11.0. The molecule has 3 aromatic carbocycles. The van der Waals surface area contributed by atoms with Gasteiger partial charge in [0.25, 0.3) is 5.91 Å². The number of nitrogens with one attached hydrogen (secondary N) is 1. The Bertz CT molecular complexity index is 1180. The number of sulfonamides is 1. The highest BCUT2D eigenvalue weighted by Crippen LogP contribution is 2.25. The van der Waals surface area contributed by atoms with Gasteiger partial charge in [-0.05, 0) is 54.1 Å². The van der Waals surface area contributed by atoms with Crippen molar-refractivity contribution in [1.82, 2.24) is 5.32 Å². The average molecular weight is 473 g/mol. The van der Waals surface area contributed by atoms with E-state index in [9.17, 15) is 17.6 Å². The van der Waals surface area contributed by atoms with E-state index in [1.807, 2.05) is 0 Å². The molecule has 0 aromatic heterocycles. The fourth-order valence-electron chi connectivity index (χ4n) is 3.06. The van der Waals surface area contributed by atoms with Crippen molar-refractivity contribution in [2.75, 3.05) is 30.8 Å². The molecule has 9 heteroatoms. The number of benzene rings is 3. The minimum Gasteiger partial charge on any atom is -0.497 e. The van der Waals surface area contributed by atoms with Crippen LogP contribution in [0.25, 0.3) is 0 Å². The number of rotatable bonds is 10. The van der Waals surface area contributed by atoms with Gasteiger partial charge in [0, 0.05) is 11.6 Å². The van der Waals surface area contributed by atoms with Crippen molar-refractivity contribution in [2.24, 2.45) is 0 Å². The zero-order chi connectivity index (χ0) is 23.8. The van der Waals surface area contributed by atoms with Gasteiger partial charge in [-0.3, -0.25) is 9.10 Å². The molecule has 0 heterocycles. The van der Waals surface area contributed by atoms with Crippen molar-refractivity contribution in [3.8, 4) is 11.5 Å². The van der Waals surface area contributed by atoms with Crippen molar-refractivity contribution >= 4 is 21.6 Å². The smallest absolute Gasteiger partial charge is 0.251 e. The highest BCUT2D eigenvalue weighted by molar-refractivity contribution is 7.92. The van der Waals surface area contributed by atoms with Crippen LogP contribution in [0.3, 0.4) is 0 Å². The van der Waals surface area contributed by atoms with Gasteiger partial charge in [-0.25, -0.2) is 12.8 Å². The molecule has 7 nitrogen and oxygen atoms in total. The first-order valence-corrected chi connectivity index (χ1v) is 12.0. The number of hydrogen-bond acceptors (Lipinski definition) is 5. The summed E-state index contributed by atoms with van der Waals surface area (Å²) < 4.78 is 49.5. The monoisotopic (exact) mass is 472 g/mol. The van der Waals surface area contributed by atoms with Crippen LogP contribution in [0, 0.1) is 5.82 Å². The summed E-state index contributed by atoms with van der Waals surface area (Å²) in [4.78, 5) is 12.3. The van der Waals surface area contributed by atoms with Gasteiger partial charge < -0.3 is 14.8 Å². The summed E-state index contributed by atoms with van der Waals surface area (Å²) in [5, 5.41) is 2.75. The molecule has 0 aliphatic carbocycles. The molecule has 0 saturated heterocycles. The van der Waals surface area contributed by atoms with Crippen LogP contribution < -0.4 is 19.1 Å². The number of carbonyl (C=O) groups excluding carboxylic acids is 1. The van der Waals surface area contributed by atoms with E-state index in [0.717, 1.165) is 11.8 Å². The second-order valence-corrected chi connectivity index (χ2v) is 9.13. The molecular formula is C24H25FN2O5S. The van der Waals surface area contributed by atoms with Gasteiger partial charge >= 0.3 is 0 Å². The van der Waals surface area contributed by atoms with Gasteiger partial charge in [0.2, 0.25) is 10.0 Å². The predicted molar refractivity (Wildman–Crippen MR) is 125 cm³/mol. The Morgan fingerprint density at radius 2 is 1.70 bits per heavy atom. The molecule has 0 aliphatic rings. The first-order chi connectivity index (χ1) is 15.8. The van der Waals surface area contributed by atoms with Crippen LogP contribution in [0.4, 0.5) is 10.1 Å². The molecule has 3 rings (SSSR count). The van der Waals surface area contributed by atoms with E-state index in [4.69, 9.17) is 9.47 Å². The Balaban J connectivity index is 1.58. The molecule has 174 valence electrons. The molecule has 0 aliphatic heterocycles. The van der Waals surface area contributed by atoms with Crippen molar-refractivity contribution < 1.29 is 27.1 Å². The standard InChI is InChI=1S/C24H25FN2O5S/c1-31-23-5-3-4-21(16-23)27(33(2,29)30)17-18-6-8-19(9-7-18)24(28)26-14-15-32-22-12-10-20(25)11-13-22/h3-13,16H,14-15,17H2,1-2H3,(H,26,28). The van der Waals surface area contributed by atoms with Crippen LogP contribution in [0.1, 0.15) is 15.9 Å². The molecule has 0 atom stereocenters. The summed E-state index contributed by atoms with van der Waals surface area (Å²) in [6.07, 6.45) is 1.14. The number of halogens is 1. The molecule has 0 spiro atoms. The minimum absolute atomic E-state index is 0.111. The maximum absolute atomic E-state index is 12.9. The Morgan fingerprint density at radius 1 is 1.00 bits per heavy atom. The number of ether oxygens (including phenoxy) is 2. The lowest BCUT2D eigenvalue weighted by Crippen LogP contribution is -2.29. The molecule has 1 N–H and O–H groups in total. The molecule has 3 aromatic rings. The van der Waals surface area contributed by atoms with Crippen molar-refractivity contribution in [2.45, 2.75) is 6.54 Å². The largest absolute Gasteiger partial charge is 0.497 e. The Hall–Kier alpha value is -3.59. The molecule has 0 unspecified atom stereocenters. The SMILES string of the molecule is COc1cccc(N(Cc2ccc(C(=O)NCCOc3ccc(F)cc3)cc2)S(C)(=O)=O)c1. The van der Waals surface area contributed by atoms with E-state index >= 15 is 0 Å². The number of amides is 1. The second kappa shape index (κ2) is 10.8. The van der Waals surface area contributed by atoms with Crippen molar-refractivity contribution in [3.63, 3.8) is 0 Å². The second-order valence-electron chi connectivity index (χ2n) is 7.23. The third kappa shape index (κ3) is 6.95. The van der Waals surface area contributed by atoms with E-state index in [1.54, 1.807) is 48.5 Å². The van der Waals surface area contributed by atoms with E-state index in [1.165, 1.54) is 35.7 Å². The highest BCUT2D eigenvalue weighted by Gasteiger charge is 2.18. The van der Waals surface area contributed by atoms with E-state index in [0.29, 0.717) is 22.7 Å². The summed E-state index contributed by atoms with van der Waals surface area (Å²) in [5.74, 6) is 0.442. The number of methoxy groups -OCH3 is 1. The Kier molecular flexibility index (Phi) is 7.89. The lowest BCUT2D eigenvalue weighted by Gasteiger charge is -2.23. The highest BCUT2D eigenvalue weighted by atomic mass is 32.2. The average Bonchev–Trinajstić information content (AvgIpc) is 2.81. The first kappa shape index (κ1) is 24.1. The molecule has 0 bridgehead atoms. The molecular weight excluding hydrogens is 447 g/mol. The third-order valence-corrected chi connectivity index (χ3v) is 5.89. The lowest BCUT2D eigenvalue weighted by atomic mass is 10.1. The summed E-state index contributed by atoms with van der Waals surface area (Å²) in [5.41, 5.74) is 1.65. The molecule has 0 saturated carbocycles. The zero-order valence-electron chi connectivity index (χ0n) is 18.3. The van der Waals surface area contributed by atoms with Gasteiger partial charge in [0.1, 0.15) is 23.9 Å². The summed E-state index contributed by atoms with van der Waals surface area (Å²) in [6, 6.07) is 19.1. The number of hydrogen-bond donors (Lipinski definition) is 1. The maximum Gasteiger partial charge on any atom is 0.251 e. The van der Waals surface area contributed by atoms with E-state index < -0.39 is 10.0 Å². The van der Waals surface area contributed by atoms with Gasteiger partial charge in [-0.1, -0.05) is 18.2 Å². The van der Waals surface area contributed by atoms with Crippen LogP contribution in [0.15, 0.2) is 72.8 Å². The minimum atomic E-state index is -3.54. The molecule has 0 radical (unpaired) electrons. The van der Waals surface area contributed by atoms with E-state index in [-0.39, 0.29) is 31.4 Å². The van der Waals surface area contributed by atoms with Crippen LogP contribution in [-0.4, -0.2) is 40.8 Å². The Labute approximate surface area is 192 Å². The van der Waals surface area contributed by atoms with Crippen LogP contribution in [0.5, 0.6) is 11.5 Å². The van der Waals surface area contributed by atoms with Gasteiger partial charge in [-0.15, -0.1) is 0 Å². The Morgan fingerprint density at radius 3 is 2.33 bits per heavy atom. The van der Waals surface area contributed by atoms with Crippen LogP contribution >= 0.6 is 0 Å². The number of nitrogens with zero attached hydrogens (tertiary/aromatic N) is 1. The maximum atomic E-state index is 12.9. The summed E-state index contributed by atoms with van der Waals surface area (Å²) in [7, 11) is -2.03. The van der Waals surface area contributed by atoms with Gasteiger partial charge in [0.15, 0.2) is 0 Å². The lowest BCUT2D eigenvalue weighted by molar-refractivity contribution is 0.0947. The fourth-order valence-corrected chi connectivity index (χ4v) is 3.94. The molecule has 0 fully saturated rings. The van der Waals surface area contributed by atoms with Gasteiger partial charge in [0.05, 0.1) is 32.1 Å². The zero-order valence-corrected chi connectivity index (χ0v) is 19.1. The quantitative estimate of drug-likeness (QED) is 0.456. The van der Waals surface area contributed by atoms with Crippen molar-refractivity contribution in [3.05, 3.63) is 89.7 Å². The van der Waals surface area contributed by atoms with Crippen LogP contribution in [0.2, 0.25) is 0 Å². The predicted octanol–water partition coefficient (Wildman–Crippen LogP) is 3.61. The number of anilines is 1. The summed E-state index contributed by atoms with van der Waals surface area (Å²) >= 11 is 0. The van der Waals surface area contributed by atoms with Crippen molar-refractivity contribution in [1.29, 1.82) is 0 Å². The molecule has 33 heavy (non-hydrogen) atoms. The fraction of sp³-hybridized carbons (Fsp3) is 0.208. The van der Waals surface area contributed by atoms with Gasteiger partial charge in [-0.2, -0.15) is 0 Å². The van der Waals surface area contributed by atoms with E-state index in [2.05, 4.69) is 5.32 Å².